The lowest BCUT2D eigenvalue weighted by Gasteiger charge is -2.18. The van der Waals surface area contributed by atoms with Gasteiger partial charge in [0.05, 0.1) is 6.04 Å². The fourth-order valence-corrected chi connectivity index (χ4v) is 1.27. The van der Waals surface area contributed by atoms with Crippen molar-refractivity contribution >= 4 is 0 Å². The SMILES string of the molecule is CC(C)C(NO)c1ccccc1. The third kappa shape index (κ3) is 2.06. The van der Waals surface area contributed by atoms with Crippen molar-refractivity contribution in [2.24, 2.45) is 5.92 Å². The molecule has 0 amide bonds. The predicted molar refractivity (Wildman–Crippen MR) is 48.9 cm³/mol. The van der Waals surface area contributed by atoms with Gasteiger partial charge in [0, 0.05) is 0 Å². The summed E-state index contributed by atoms with van der Waals surface area (Å²) in [7, 11) is 0. The first kappa shape index (κ1) is 9.23. The van der Waals surface area contributed by atoms with Crippen molar-refractivity contribution in [1.29, 1.82) is 0 Å². The number of benzene rings is 1. The monoisotopic (exact) mass is 165 g/mol. The van der Waals surface area contributed by atoms with Crippen LogP contribution in [0.5, 0.6) is 0 Å². The van der Waals surface area contributed by atoms with Crippen LogP contribution in [-0.2, 0) is 0 Å². The Hall–Kier alpha value is -0.860. The van der Waals surface area contributed by atoms with Crippen molar-refractivity contribution in [2.75, 3.05) is 0 Å². The van der Waals surface area contributed by atoms with Crippen LogP contribution in [-0.4, -0.2) is 5.21 Å². The highest BCUT2D eigenvalue weighted by molar-refractivity contribution is 5.18. The third-order valence-electron chi connectivity index (χ3n) is 1.96. The molecule has 1 rings (SSSR count). The van der Waals surface area contributed by atoms with Crippen molar-refractivity contribution in [2.45, 2.75) is 19.9 Å². The Kier molecular flexibility index (Phi) is 3.26. The molecule has 12 heavy (non-hydrogen) atoms. The highest BCUT2D eigenvalue weighted by Gasteiger charge is 2.12. The van der Waals surface area contributed by atoms with E-state index in [1.54, 1.807) is 0 Å². The van der Waals surface area contributed by atoms with Crippen LogP contribution in [0.3, 0.4) is 0 Å². The molecule has 0 heterocycles. The Balaban J connectivity index is 2.80. The summed E-state index contributed by atoms with van der Waals surface area (Å²) >= 11 is 0. The van der Waals surface area contributed by atoms with Crippen molar-refractivity contribution in [3.8, 4) is 0 Å². The van der Waals surface area contributed by atoms with Gasteiger partial charge in [0.15, 0.2) is 0 Å². The van der Waals surface area contributed by atoms with Crippen LogP contribution in [0.15, 0.2) is 30.3 Å². The molecule has 1 aromatic rings. The van der Waals surface area contributed by atoms with Crippen LogP contribution in [0.4, 0.5) is 0 Å². The van der Waals surface area contributed by atoms with Gasteiger partial charge < -0.3 is 5.21 Å². The molecule has 1 unspecified atom stereocenters. The van der Waals surface area contributed by atoms with Crippen LogP contribution in [0, 0.1) is 5.92 Å². The molecule has 0 spiro atoms. The topological polar surface area (TPSA) is 32.3 Å². The minimum atomic E-state index is 0.0335. The van der Waals surface area contributed by atoms with Gasteiger partial charge in [-0.25, -0.2) is 0 Å². The smallest absolute Gasteiger partial charge is 0.0591 e. The fraction of sp³-hybridized carbons (Fsp3) is 0.400. The number of hydrogen-bond acceptors (Lipinski definition) is 2. The second-order valence-corrected chi connectivity index (χ2v) is 3.26. The van der Waals surface area contributed by atoms with Gasteiger partial charge in [0.2, 0.25) is 0 Å². The van der Waals surface area contributed by atoms with Crippen LogP contribution in [0.25, 0.3) is 0 Å². The van der Waals surface area contributed by atoms with Crippen molar-refractivity contribution in [3.05, 3.63) is 35.9 Å². The molecule has 0 aliphatic heterocycles. The molecule has 2 nitrogen and oxygen atoms in total. The number of hydroxylamine groups is 1. The average molecular weight is 165 g/mol. The standard InChI is InChI=1S/C10H15NO/c1-8(2)10(11-12)9-6-4-3-5-7-9/h3-8,10-12H,1-2H3. The largest absolute Gasteiger partial charge is 0.316 e. The van der Waals surface area contributed by atoms with E-state index >= 15 is 0 Å². The first-order valence-corrected chi connectivity index (χ1v) is 4.20. The minimum absolute atomic E-state index is 0.0335. The molecule has 0 bridgehead atoms. The van der Waals surface area contributed by atoms with Crippen LogP contribution in [0.1, 0.15) is 25.5 Å². The normalized spacial score (nSPS) is 13.3. The Bertz CT molecular complexity index is 221. The van der Waals surface area contributed by atoms with Crippen molar-refractivity contribution in [1.82, 2.24) is 5.48 Å². The summed E-state index contributed by atoms with van der Waals surface area (Å²) in [6.07, 6.45) is 0. The van der Waals surface area contributed by atoms with Crippen molar-refractivity contribution in [3.63, 3.8) is 0 Å². The highest BCUT2D eigenvalue weighted by Crippen LogP contribution is 2.19. The summed E-state index contributed by atoms with van der Waals surface area (Å²) in [5, 5.41) is 8.90. The fourth-order valence-electron chi connectivity index (χ4n) is 1.27. The Morgan fingerprint density at radius 1 is 1.17 bits per heavy atom. The summed E-state index contributed by atoms with van der Waals surface area (Å²) in [4.78, 5) is 0. The zero-order valence-electron chi connectivity index (χ0n) is 7.49. The van der Waals surface area contributed by atoms with Gasteiger partial charge in [-0.2, -0.15) is 5.48 Å². The van der Waals surface area contributed by atoms with E-state index in [1.165, 1.54) is 0 Å². The molecule has 0 radical (unpaired) electrons. The predicted octanol–water partition coefficient (Wildman–Crippen LogP) is 2.36. The molecule has 1 aromatic carbocycles. The maximum atomic E-state index is 8.90. The molecule has 66 valence electrons. The van der Waals surface area contributed by atoms with Gasteiger partial charge in [-0.15, -0.1) is 0 Å². The second kappa shape index (κ2) is 4.24. The molecule has 0 saturated carbocycles. The molecule has 0 aromatic heterocycles. The van der Waals surface area contributed by atoms with Crippen LogP contribution < -0.4 is 5.48 Å². The molecule has 0 aliphatic rings. The Morgan fingerprint density at radius 2 is 1.75 bits per heavy atom. The van der Waals surface area contributed by atoms with Gasteiger partial charge >= 0.3 is 0 Å². The molecular formula is C10H15NO. The van der Waals surface area contributed by atoms with Gasteiger partial charge in [-0.3, -0.25) is 0 Å². The minimum Gasteiger partial charge on any atom is -0.316 e. The Labute approximate surface area is 73.2 Å². The Morgan fingerprint density at radius 3 is 2.17 bits per heavy atom. The maximum absolute atomic E-state index is 8.90. The molecule has 0 fully saturated rings. The van der Waals surface area contributed by atoms with E-state index in [9.17, 15) is 0 Å². The van der Waals surface area contributed by atoms with Crippen LogP contribution >= 0.6 is 0 Å². The summed E-state index contributed by atoms with van der Waals surface area (Å²) in [6.45, 7) is 4.14. The molecule has 1 atom stereocenters. The number of nitrogens with one attached hydrogen (secondary N) is 1. The van der Waals surface area contributed by atoms with Gasteiger partial charge in [0.1, 0.15) is 0 Å². The third-order valence-corrected chi connectivity index (χ3v) is 1.96. The van der Waals surface area contributed by atoms with E-state index < -0.39 is 0 Å². The highest BCUT2D eigenvalue weighted by atomic mass is 16.5. The lowest BCUT2D eigenvalue weighted by Crippen LogP contribution is -2.22. The van der Waals surface area contributed by atoms with E-state index in [4.69, 9.17) is 5.21 Å². The first-order valence-electron chi connectivity index (χ1n) is 4.20. The van der Waals surface area contributed by atoms with E-state index in [0.717, 1.165) is 5.56 Å². The van der Waals surface area contributed by atoms with E-state index in [2.05, 4.69) is 19.3 Å². The molecule has 0 saturated heterocycles. The lowest BCUT2D eigenvalue weighted by atomic mass is 9.97. The first-order chi connectivity index (χ1) is 5.75. The molecule has 0 aliphatic carbocycles. The van der Waals surface area contributed by atoms with Crippen molar-refractivity contribution < 1.29 is 5.21 Å². The zero-order valence-corrected chi connectivity index (χ0v) is 7.49. The van der Waals surface area contributed by atoms with Gasteiger partial charge in [0.25, 0.3) is 0 Å². The quantitative estimate of drug-likeness (QED) is 0.674. The number of rotatable bonds is 3. The summed E-state index contributed by atoms with van der Waals surface area (Å²) in [6, 6.07) is 9.97. The summed E-state index contributed by atoms with van der Waals surface area (Å²) in [5.41, 5.74) is 3.44. The zero-order chi connectivity index (χ0) is 8.97. The van der Waals surface area contributed by atoms with Gasteiger partial charge in [-0.1, -0.05) is 44.2 Å². The average Bonchev–Trinajstić information content (AvgIpc) is 2.07. The maximum Gasteiger partial charge on any atom is 0.0591 e. The second-order valence-electron chi connectivity index (χ2n) is 3.26. The summed E-state index contributed by atoms with van der Waals surface area (Å²) < 4.78 is 0. The molecule has 2 heteroatoms. The van der Waals surface area contributed by atoms with Crippen LogP contribution in [0.2, 0.25) is 0 Å². The lowest BCUT2D eigenvalue weighted by molar-refractivity contribution is 0.105. The molecular weight excluding hydrogens is 150 g/mol. The van der Waals surface area contributed by atoms with E-state index in [-0.39, 0.29) is 6.04 Å². The molecule has 2 N–H and O–H groups in total. The van der Waals surface area contributed by atoms with E-state index in [1.807, 2.05) is 30.3 Å². The number of hydrogen-bond donors (Lipinski definition) is 2. The summed E-state index contributed by atoms with van der Waals surface area (Å²) in [5.74, 6) is 0.386. The van der Waals surface area contributed by atoms with Gasteiger partial charge in [-0.05, 0) is 11.5 Å². The van der Waals surface area contributed by atoms with E-state index in [0.29, 0.717) is 5.92 Å².